The van der Waals surface area contributed by atoms with Gasteiger partial charge < -0.3 is 10.6 Å². The second-order valence-corrected chi connectivity index (χ2v) is 4.41. The van der Waals surface area contributed by atoms with Crippen LogP contribution in [0.25, 0.3) is 0 Å². The number of aromatic nitrogens is 3. The van der Waals surface area contributed by atoms with Crippen molar-refractivity contribution in [3.05, 3.63) is 12.4 Å². The van der Waals surface area contributed by atoms with E-state index in [-0.39, 0.29) is 5.91 Å². The Morgan fingerprint density at radius 3 is 3.24 bits per heavy atom. The van der Waals surface area contributed by atoms with Crippen molar-refractivity contribution in [3.8, 4) is 0 Å². The molecule has 1 aliphatic rings. The fourth-order valence-corrected chi connectivity index (χ4v) is 2.03. The van der Waals surface area contributed by atoms with E-state index in [1.165, 1.54) is 6.42 Å². The summed E-state index contributed by atoms with van der Waals surface area (Å²) in [5.74, 6) is 0.817. The molecule has 2 rings (SSSR count). The minimum absolute atomic E-state index is 0.0893. The number of carbonyl (C=O) groups is 1. The third kappa shape index (κ3) is 4.14. The lowest BCUT2D eigenvalue weighted by atomic mass is 10.1. The van der Waals surface area contributed by atoms with Crippen molar-refractivity contribution in [3.63, 3.8) is 0 Å². The minimum atomic E-state index is 0.0893. The summed E-state index contributed by atoms with van der Waals surface area (Å²) in [5, 5.41) is 13.8. The van der Waals surface area contributed by atoms with Gasteiger partial charge in [0, 0.05) is 19.2 Å². The second-order valence-electron chi connectivity index (χ2n) is 4.41. The van der Waals surface area contributed by atoms with Crippen LogP contribution in [0.2, 0.25) is 0 Å². The van der Waals surface area contributed by atoms with Gasteiger partial charge in [-0.15, -0.1) is 5.10 Å². The molecule has 1 amide bonds. The maximum atomic E-state index is 11.5. The molecule has 1 atom stereocenters. The van der Waals surface area contributed by atoms with Gasteiger partial charge in [-0.2, -0.15) is 0 Å². The zero-order valence-electron chi connectivity index (χ0n) is 9.93. The molecule has 0 aliphatic carbocycles. The van der Waals surface area contributed by atoms with Crippen LogP contribution in [0.4, 0.5) is 0 Å². The average Bonchev–Trinajstić information content (AvgIpc) is 2.99. The Labute approximate surface area is 101 Å². The molecule has 2 heterocycles. The van der Waals surface area contributed by atoms with Crippen LogP contribution in [-0.4, -0.2) is 40.5 Å². The molecule has 1 fully saturated rings. The molecular weight excluding hydrogens is 218 g/mol. The molecule has 1 aromatic rings. The number of aryl methyl sites for hydroxylation is 1. The fraction of sp³-hybridized carbons (Fsp3) is 0.727. The van der Waals surface area contributed by atoms with Crippen LogP contribution >= 0.6 is 0 Å². The van der Waals surface area contributed by atoms with Crippen LogP contribution in [0.5, 0.6) is 0 Å². The summed E-state index contributed by atoms with van der Waals surface area (Å²) < 4.78 is 1.67. The number of hydrogen-bond acceptors (Lipinski definition) is 4. The molecule has 0 saturated carbocycles. The Balaban J connectivity index is 1.54. The molecule has 1 aromatic heterocycles. The molecule has 1 saturated heterocycles. The lowest BCUT2D eigenvalue weighted by Gasteiger charge is -2.09. The maximum absolute atomic E-state index is 11.5. The first-order valence-electron chi connectivity index (χ1n) is 6.16. The van der Waals surface area contributed by atoms with Crippen molar-refractivity contribution in [1.29, 1.82) is 0 Å². The largest absolute Gasteiger partial charge is 0.356 e. The van der Waals surface area contributed by atoms with Crippen LogP contribution in [-0.2, 0) is 11.3 Å². The van der Waals surface area contributed by atoms with Crippen LogP contribution < -0.4 is 10.6 Å². The van der Waals surface area contributed by atoms with Crippen molar-refractivity contribution in [2.24, 2.45) is 5.92 Å². The van der Waals surface area contributed by atoms with E-state index in [1.807, 2.05) is 0 Å². The zero-order chi connectivity index (χ0) is 11.9. The Kier molecular flexibility index (Phi) is 4.49. The third-order valence-corrected chi connectivity index (χ3v) is 3.08. The van der Waals surface area contributed by atoms with Gasteiger partial charge in [0.15, 0.2) is 0 Å². The van der Waals surface area contributed by atoms with Gasteiger partial charge in [-0.05, 0) is 31.8 Å². The molecule has 94 valence electrons. The molecule has 2 N–H and O–H groups in total. The van der Waals surface area contributed by atoms with Gasteiger partial charge >= 0.3 is 0 Å². The Bertz CT molecular complexity index is 332. The van der Waals surface area contributed by atoms with Crippen molar-refractivity contribution in [1.82, 2.24) is 25.6 Å². The van der Waals surface area contributed by atoms with E-state index in [2.05, 4.69) is 20.9 Å². The monoisotopic (exact) mass is 237 g/mol. The first-order chi connectivity index (χ1) is 8.34. The highest BCUT2D eigenvalue weighted by atomic mass is 16.1. The molecule has 1 aliphatic heterocycles. The number of rotatable bonds is 6. The van der Waals surface area contributed by atoms with Gasteiger partial charge in [0.1, 0.15) is 0 Å². The summed E-state index contributed by atoms with van der Waals surface area (Å²) in [7, 11) is 0. The molecule has 1 unspecified atom stereocenters. The lowest BCUT2D eigenvalue weighted by Crippen LogP contribution is -2.27. The molecule has 0 aromatic carbocycles. The highest BCUT2D eigenvalue weighted by Crippen LogP contribution is 2.10. The summed E-state index contributed by atoms with van der Waals surface area (Å²) in [6.07, 6.45) is 6.14. The normalized spacial score (nSPS) is 19.4. The SMILES string of the molecule is O=C(CCn1ccnn1)NCCC1CCNC1. The van der Waals surface area contributed by atoms with E-state index < -0.39 is 0 Å². The molecule has 0 spiro atoms. The summed E-state index contributed by atoms with van der Waals surface area (Å²) in [4.78, 5) is 11.5. The van der Waals surface area contributed by atoms with Crippen molar-refractivity contribution in [2.45, 2.75) is 25.8 Å². The number of amides is 1. The Morgan fingerprint density at radius 2 is 2.53 bits per heavy atom. The quantitative estimate of drug-likeness (QED) is 0.718. The lowest BCUT2D eigenvalue weighted by molar-refractivity contribution is -0.121. The van der Waals surface area contributed by atoms with Gasteiger partial charge in [-0.25, -0.2) is 0 Å². The van der Waals surface area contributed by atoms with Gasteiger partial charge in [0.05, 0.1) is 12.7 Å². The van der Waals surface area contributed by atoms with E-state index in [1.54, 1.807) is 17.1 Å². The van der Waals surface area contributed by atoms with Crippen LogP contribution in [0.15, 0.2) is 12.4 Å². The molecule has 17 heavy (non-hydrogen) atoms. The molecule has 6 nitrogen and oxygen atoms in total. The topological polar surface area (TPSA) is 71.8 Å². The first-order valence-corrected chi connectivity index (χ1v) is 6.16. The average molecular weight is 237 g/mol. The van der Waals surface area contributed by atoms with E-state index in [0.29, 0.717) is 13.0 Å². The van der Waals surface area contributed by atoms with Crippen LogP contribution in [0.1, 0.15) is 19.3 Å². The van der Waals surface area contributed by atoms with Crippen molar-refractivity contribution >= 4 is 5.91 Å². The number of carbonyl (C=O) groups excluding carboxylic acids is 1. The summed E-state index contributed by atoms with van der Waals surface area (Å²) >= 11 is 0. The highest BCUT2D eigenvalue weighted by Gasteiger charge is 2.13. The predicted octanol–water partition coefficient (Wildman–Crippen LogP) is -0.216. The van der Waals surface area contributed by atoms with Crippen LogP contribution in [0, 0.1) is 5.92 Å². The van der Waals surface area contributed by atoms with E-state index in [4.69, 9.17) is 0 Å². The maximum Gasteiger partial charge on any atom is 0.221 e. The van der Waals surface area contributed by atoms with E-state index in [0.717, 1.165) is 32.0 Å². The third-order valence-electron chi connectivity index (χ3n) is 3.08. The van der Waals surface area contributed by atoms with Crippen molar-refractivity contribution < 1.29 is 4.79 Å². The standard InChI is InChI=1S/C11H19N5O/c17-11(3-7-16-8-6-14-15-16)13-5-2-10-1-4-12-9-10/h6,8,10,12H,1-5,7,9H2,(H,13,17). The van der Waals surface area contributed by atoms with E-state index >= 15 is 0 Å². The predicted molar refractivity (Wildman–Crippen MR) is 63.2 cm³/mol. The smallest absolute Gasteiger partial charge is 0.221 e. The number of nitrogens with one attached hydrogen (secondary N) is 2. The van der Waals surface area contributed by atoms with Gasteiger partial charge in [0.2, 0.25) is 5.91 Å². The first kappa shape index (κ1) is 12.0. The minimum Gasteiger partial charge on any atom is -0.356 e. The van der Waals surface area contributed by atoms with Crippen LogP contribution in [0.3, 0.4) is 0 Å². The van der Waals surface area contributed by atoms with E-state index in [9.17, 15) is 4.79 Å². The van der Waals surface area contributed by atoms with Crippen molar-refractivity contribution in [2.75, 3.05) is 19.6 Å². The summed E-state index contributed by atoms with van der Waals surface area (Å²) in [6, 6.07) is 0. The second kappa shape index (κ2) is 6.34. The Hall–Kier alpha value is -1.43. The number of nitrogens with zero attached hydrogens (tertiary/aromatic N) is 3. The molecule has 0 radical (unpaired) electrons. The van der Waals surface area contributed by atoms with Gasteiger partial charge in [0.25, 0.3) is 0 Å². The fourth-order valence-electron chi connectivity index (χ4n) is 2.03. The highest BCUT2D eigenvalue weighted by molar-refractivity contribution is 5.75. The molecule has 6 heteroatoms. The Morgan fingerprint density at radius 1 is 1.59 bits per heavy atom. The molecule has 0 bridgehead atoms. The summed E-state index contributed by atoms with van der Waals surface area (Å²) in [5.41, 5.74) is 0. The summed E-state index contributed by atoms with van der Waals surface area (Å²) in [6.45, 7) is 3.58. The zero-order valence-corrected chi connectivity index (χ0v) is 9.93. The van der Waals surface area contributed by atoms with Gasteiger partial charge in [-0.1, -0.05) is 5.21 Å². The molecular formula is C11H19N5O. The van der Waals surface area contributed by atoms with Gasteiger partial charge in [-0.3, -0.25) is 9.48 Å². The number of hydrogen-bond donors (Lipinski definition) is 2.